The molecule has 4 amide bonds. The SMILES string of the molecule is O=C(Nc1ccc(F)c(Cl)c1)N1CCN(C(=O)Nc2ccc(F)c(Cl)c2)[C@H]2CCCC[C@H]21. The highest BCUT2D eigenvalue weighted by Crippen LogP contribution is 2.32. The van der Waals surface area contributed by atoms with Gasteiger partial charge in [-0.15, -0.1) is 0 Å². The van der Waals surface area contributed by atoms with Crippen molar-refractivity contribution in [3.63, 3.8) is 0 Å². The number of rotatable bonds is 2. The van der Waals surface area contributed by atoms with E-state index in [1.54, 1.807) is 9.80 Å². The summed E-state index contributed by atoms with van der Waals surface area (Å²) in [7, 11) is 0. The van der Waals surface area contributed by atoms with E-state index < -0.39 is 11.6 Å². The molecule has 2 fully saturated rings. The van der Waals surface area contributed by atoms with Gasteiger partial charge >= 0.3 is 12.1 Å². The van der Waals surface area contributed by atoms with Crippen molar-refractivity contribution in [1.82, 2.24) is 9.80 Å². The van der Waals surface area contributed by atoms with E-state index in [-0.39, 0.29) is 34.2 Å². The van der Waals surface area contributed by atoms with Crippen LogP contribution in [0.25, 0.3) is 0 Å². The summed E-state index contributed by atoms with van der Waals surface area (Å²) in [5.41, 5.74) is 0.809. The number of hydrogen-bond acceptors (Lipinski definition) is 2. The Balaban J connectivity index is 1.46. The van der Waals surface area contributed by atoms with E-state index in [1.807, 2.05) is 0 Å². The Hall–Kier alpha value is -2.58. The molecule has 0 spiro atoms. The molecule has 1 saturated heterocycles. The molecule has 10 heteroatoms. The number of hydrogen-bond donors (Lipinski definition) is 2. The molecule has 2 aromatic carbocycles. The molecule has 2 N–H and O–H groups in total. The van der Waals surface area contributed by atoms with Crippen LogP contribution in [0.2, 0.25) is 10.0 Å². The van der Waals surface area contributed by atoms with Crippen LogP contribution in [0, 0.1) is 11.6 Å². The Morgan fingerprint density at radius 1 is 0.781 bits per heavy atom. The number of amides is 4. The molecule has 1 heterocycles. The lowest BCUT2D eigenvalue weighted by atomic mass is 9.86. The van der Waals surface area contributed by atoms with Gasteiger partial charge in [0.2, 0.25) is 0 Å². The van der Waals surface area contributed by atoms with Gasteiger partial charge in [0, 0.05) is 24.5 Å². The minimum absolute atomic E-state index is 0.0688. The summed E-state index contributed by atoms with van der Waals surface area (Å²) in [6.07, 6.45) is 3.45. The van der Waals surface area contributed by atoms with E-state index >= 15 is 0 Å². The predicted octanol–water partition coefficient (Wildman–Crippen LogP) is 5.96. The van der Waals surface area contributed by atoms with E-state index in [4.69, 9.17) is 23.2 Å². The molecular weight excluding hydrogens is 461 g/mol. The maximum absolute atomic E-state index is 13.4. The van der Waals surface area contributed by atoms with Gasteiger partial charge in [-0.3, -0.25) is 0 Å². The first kappa shape index (κ1) is 22.6. The molecule has 4 rings (SSSR count). The first-order valence-electron chi connectivity index (χ1n) is 10.4. The van der Waals surface area contributed by atoms with Crippen LogP contribution in [-0.4, -0.2) is 47.0 Å². The van der Waals surface area contributed by atoms with Gasteiger partial charge in [-0.05, 0) is 49.2 Å². The van der Waals surface area contributed by atoms with Crippen LogP contribution in [0.1, 0.15) is 25.7 Å². The molecule has 6 nitrogen and oxygen atoms in total. The first-order chi connectivity index (χ1) is 15.3. The Labute approximate surface area is 194 Å². The van der Waals surface area contributed by atoms with Crippen LogP contribution >= 0.6 is 23.2 Å². The monoisotopic (exact) mass is 482 g/mol. The van der Waals surface area contributed by atoms with Crippen molar-refractivity contribution in [2.24, 2.45) is 0 Å². The van der Waals surface area contributed by atoms with E-state index in [0.717, 1.165) is 25.7 Å². The number of anilines is 2. The summed E-state index contributed by atoms with van der Waals surface area (Å²) in [6, 6.07) is 7.13. The summed E-state index contributed by atoms with van der Waals surface area (Å²) in [5.74, 6) is -1.11. The lowest BCUT2D eigenvalue weighted by Gasteiger charge is -2.49. The van der Waals surface area contributed by atoms with E-state index in [1.165, 1.54) is 36.4 Å². The van der Waals surface area contributed by atoms with Crippen LogP contribution in [0.5, 0.6) is 0 Å². The number of carbonyl (C=O) groups excluding carboxylic acids is 2. The Kier molecular flexibility index (Phi) is 6.71. The lowest BCUT2D eigenvalue weighted by Crippen LogP contribution is -2.64. The van der Waals surface area contributed by atoms with Crippen LogP contribution in [0.15, 0.2) is 36.4 Å². The second-order valence-electron chi connectivity index (χ2n) is 7.92. The third-order valence-electron chi connectivity index (χ3n) is 5.94. The fraction of sp³-hybridized carbons (Fsp3) is 0.364. The Morgan fingerprint density at radius 3 is 1.56 bits per heavy atom. The molecule has 0 radical (unpaired) electrons. The molecule has 32 heavy (non-hydrogen) atoms. The summed E-state index contributed by atoms with van der Waals surface area (Å²) in [4.78, 5) is 29.4. The number of halogens is 4. The predicted molar refractivity (Wildman–Crippen MR) is 120 cm³/mol. The van der Waals surface area contributed by atoms with E-state index in [0.29, 0.717) is 24.5 Å². The highest BCUT2D eigenvalue weighted by atomic mass is 35.5. The zero-order valence-corrected chi connectivity index (χ0v) is 18.6. The second-order valence-corrected chi connectivity index (χ2v) is 8.74. The highest BCUT2D eigenvalue weighted by molar-refractivity contribution is 6.31. The smallest absolute Gasteiger partial charge is 0.318 e. The lowest BCUT2D eigenvalue weighted by molar-refractivity contribution is 0.0455. The van der Waals surface area contributed by atoms with Gasteiger partial charge in [-0.2, -0.15) is 0 Å². The standard InChI is InChI=1S/C22H22Cl2F2N4O2/c23-15-11-13(5-7-17(15)25)27-21(31)29-9-10-30(20-4-2-1-3-19(20)29)22(32)28-14-6-8-18(26)16(24)12-14/h5-8,11-12,19-20H,1-4,9-10H2,(H,27,31)(H,28,32)/t19-,20+. The fourth-order valence-electron chi connectivity index (χ4n) is 4.41. The molecule has 2 aromatic rings. The average molecular weight is 483 g/mol. The molecule has 1 aliphatic carbocycles. The van der Waals surface area contributed by atoms with Crippen molar-refractivity contribution >= 4 is 46.6 Å². The minimum Gasteiger partial charge on any atom is -0.318 e. The first-order valence-corrected chi connectivity index (χ1v) is 11.1. The van der Waals surface area contributed by atoms with Gasteiger partial charge in [0.1, 0.15) is 11.6 Å². The molecule has 0 bridgehead atoms. The maximum Gasteiger partial charge on any atom is 0.322 e. The normalized spacial score (nSPS) is 20.5. The zero-order valence-electron chi connectivity index (χ0n) is 17.1. The summed E-state index contributed by atoms with van der Waals surface area (Å²) < 4.78 is 26.8. The molecule has 0 aromatic heterocycles. The number of fused-ring (bicyclic) bond motifs is 1. The third-order valence-corrected chi connectivity index (χ3v) is 6.52. The molecule has 1 saturated carbocycles. The van der Waals surface area contributed by atoms with E-state index in [9.17, 15) is 18.4 Å². The quantitative estimate of drug-likeness (QED) is 0.554. The largest absolute Gasteiger partial charge is 0.322 e. The summed E-state index contributed by atoms with van der Waals surface area (Å²) >= 11 is 11.6. The van der Waals surface area contributed by atoms with Crippen molar-refractivity contribution in [3.8, 4) is 0 Å². The maximum atomic E-state index is 13.4. The van der Waals surface area contributed by atoms with Crippen LogP contribution < -0.4 is 10.6 Å². The molecule has 2 aliphatic rings. The third kappa shape index (κ3) is 4.76. The van der Waals surface area contributed by atoms with Crippen molar-refractivity contribution in [3.05, 3.63) is 58.1 Å². The number of urea groups is 2. The number of nitrogens with zero attached hydrogens (tertiary/aromatic N) is 2. The summed E-state index contributed by atoms with van der Waals surface area (Å²) in [6.45, 7) is 0.693. The number of carbonyl (C=O) groups is 2. The molecule has 1 aliphatic heterocycles. The molecule has 170 valence electrons. The number of nitrogens with one attached hydrogen (secondary N) is 2. The van der Waals surface area contributed by atoms with E-state index in [2.05, 4.69) is 10.6 Å². The van der Waals surface area contributed by atoms with Crippen molar-refractivity contribution < 1.29 is 18.4 Å². The van der Waals surface area contributed by atoms with Crippen LogP contribution in [0.3, 0.4) is 0 Å². The average Bonchev–Trinajstić information content (AvgIpc) is 2.78. The van der Waals surface area contributed by atoms with Gasteiger partial charge in [-0.1, -0.05) is 36.0 Å². The number of piperazine rings is 1. The van der Waals surface area contributed by atoms with Gasteiger partial charge in [0.25, 0.3) is 0 Å². The van der Waals surface area contributed by atoms with Crippen molar-refractivity contribution in [1.29, 1.82) is 0 Å². The van der Waals surface area contributed by atoms with Gasteiger partial charge < -0.3 is 20.4 Å². The van der Waals surface area contributed by atoms with Gasteiger partial charge in [0.05, 0.1) is 22.1 Å². The Bertz CT molecular complexity index is 957. The van der Waals surface area contributed by atoms with Crippen LogP contribution in [0.4, 0.5) is 29.7 Å². The van der Waals surface area contributed by atoms with Crippen molar-refractivity contribution in [2.45, 2.75) is 37.8 Å². The van der Waals surface area contributed by atoms with Crippen molar-refractivity contribution in [2.75, 3.05) is 23.7 Å². The molecular formula is C22H22Cl2F2N4O2. The molecule has 0 unspecified atom stereocenters. The fourth-order valence-corrected chi connectivity index (χ4v) is 4.77. The van der Waals surface area contributed by atoms with Crippen LogP contribution in [-0.2, 0) is 0 Å². The minimum atomic E-state index is -0.556. The van der Waals surface area contributed by atoms with Gasteiger partial charge in [0.15, 0.2) is 0 Å². The van der Waals surface area contributed by atoms with Gasteiger partial charge in [-0.25, -0.2) is 18.4 Å². The zero-order chi connectivity index (χ0) is 22.8. The molecule has 2 atom stereocenters. The summed E-state index contributed by atoms with van der Waals surface area (Å²) in [5, 5.41) is 5.41. The second kappa shape index (κ2) is 9.50. The highest BCUT2D eigenvalue weighted by Gasteiger charge is 2.42. The Morgan fingerprint density at radius 2 is 1.19 bits per heavy atom. The number of benzene rings is 2. The topological polar surface area (TPSA) is 64.7 Å².